The second-order valence-electron chi connectivity index (χ2n) is 4.10. The number of hydrogen-bond donors (Lipinski definition) is 1. The van der Waals surface area contributed by atoms with Gasteiger partial charge in [-0.15, -0.1) is 0 Å². The fourth-order valence-electron chi connectivity index (χ4n) is 1.49. The van der Waals surface area contributed by atoms with Crippen LogP contribution < -0.4 is 10.5 Å². The molecule has 0 spiro atoms. The van der Waals surface area contributed by atoms with Crippen molar-refractivity contribution in [3.63, 3.8) is 0 Å². The average Bonchev–Trinajstić information content (AvgIpc) is 2.33. The average molecular weight is 228 g/mol. The molecule has 2 N–H and O–H groups in total. The van der Waals surface area contributed by atoms with Crippen LogP contribution in [0.2, 0.25) is 0 Å². The molecule has 0 saturated heterocycles. The monoisotopic (exact) mass is 228 g/mol. The molecule has 0 aliphatic carbocycles. The summed E-state index contributed by atoms with van der Waals surface area (Å²) in [7, 11) is 0. The minimum atomic E-state index is 0.0464. The molecule has 1 aromatic carbocycles. The van der Waals surface area contributed by atoms with Crippen molar-refractivity contribution in [3.05, 3.63) is 53.9 Å². The Morgan fingerprint density at radius 2 is 1.71 bits per heavy atom. The highest BCUT2D eigenvalue weighted by molar-refractivity contribution is 5.33. The third-order valence-corrected chi connectivity index (χ3v) is 2.53. The normalized spacial score (nSPS) is 12.2. The Hall–Kier alpha value is -1.87. The highest BCUT2D eigenvalue weighted by Gasteiger charge is 2.01. The number of rotatable bonds is 3. The molecule has 2 rings (SSSR count). The van der Waals surface area contributed by atoms with Gasteiger partial charge in [0.15, 0.2) is 0 Å². The van der Waals surface area contributed by atoms with Crippen molar-refractivity contribution in [3.8, 4) is 11.5 Å². The zero-order valence-corrected chi connectivity index (χ0v) is 10.1. The van der Waals surface area contributed by atoms with Crippen molar-refractivity contribution in [1.29, 1.82) is 0 Å². The summed E-state index contributed by atoms with van der Waals surface area (Å²) in [6.07, 6.45) is 1.72. The second-order valence-corrected chi connectivity index (χ2v) is 4.10. The summed E-state index contributed by atoms with van der Waals surface area (Å²) in [6, 6.07) is 11.7. The molecule has 0 aliphatic rings. The van der Waals surface area contributed by atoms with Crippen LogP contribution in [0.1, 0.15) is 24.2 Å². The van der Waals surface area contributed by atoms with Crippen LogP contribution in [0.15, 0.2) is 42.6 Å². The number of aryl methyl sites for hydroxylation is 1. The Bertz CT molecular complexity index is 475. The minimum absolute atomic E-state index is 0.0464. The van der Waals surface area contributed by atoms with Gasteiger partial charge in [-0.05, 0) is 43.7 Å². The summed E-state index contributed by atoms with van der Waals surface area (Å²) in [5.74, 6) is 1.53. The van der Waals surface area contributed by atoms with Gasteiger partial charge < -0.3 is 10.5 Å². The van der Waals surface area contributed by atoms with Gasteiger partial charge in [-0.25, -0.2) is 0 Å². The molecule has 2 aromatic rings. The first-order valence-corrected chi connectivity index (χ1v) is 5.61. The lowest BCUT2D eigenvalue weighted by molar-refractivity contribution is 0.479. The molecule has 1 heterocycles. The second kappa shape index (κ2) is 4.97. The van der Waals surface area contributed by atoms with Gasteiger partial charge in [0.1, 0.15) is 11.5 Å². The maximum atomic E-state index is 5.78. The molecule has 0 aliphatic heterocycles. The highest BCUT2D eigenvalue weighted by Crippen LogP contribution is 2.22. The molecule has 3 nitrogen and oxygen atoms in total. The first-order valence-electron chi connectivity index (χ1n) is 5.61. The van der Waals surface area contributed by atoms with Gasteiger partial charge in [0.2, 0.25) is 0 Å². The van der Waals surface area contributed by atoms with E-state index in [9.17, 15) is 0 Å². The van der Waals surface area contributed by atoms with E-state index in [0.717, 1.165) is 22.8 Å². The number of nitrogens with zero attached hydrogens (tertiary/aromatic N) is 1. The molecule has 0 unspecified atom stereocenters. The van der Waals surface area contributed by atoms with Gasteiger partial charge in [0.25, 0.3) is 0 Å². The van der Waals surface area contributed by atoms with Gasteiger partial charge in [0.05, 0.1) is 6.20 Å². The van der Waals surface area contributed by atoms with Gasteiger partial charge in [-0.2, -0.15) is 0 Å². The van der Waals surface area contributed by atoms with E-state index in [1.165, 1.54) is 0 Å². The fraction of sp³-hybridized carbons (Fsp3) is 0.214. The third kappa shape index (κ3) is 3.04. The lowest BCUT2D eigenvalue weighted by Gasteiger charge is -2.08. The Balaban J connectivity index is 2.11. The van der Waals surface area contributed by atoms with E-state index in [1.54, 1.807) is 6.20 Å². The summed E-state index contributed by atoms with van der Waals surface area (Å²) in [4.78, 5) is 4.18. The van der Waals surface area contributed by atoms with Crippen LogP contribution in [0.3, 0.4) is 0 Å². The van der Waals surface area contributed by atoms with E-state index < -0.39 is 0 Å². The van der Waals surface area contributed by atoms with Crippen molar-refractivity contribution in [2.45, 2.75) is 19.9 Å². The number of aromatic nitrogens is 1. The summed E-state index contributed by atoms with van der Waals surface area (Å²) >= 11 is 0. The Morgan fingerprint density at radius 1 is 1.06 bits per heavy atom. The topological polar surface area (TPSA) is 48.1 Å². The van der Waals surface area contributed by atoms with Crippen molar-refractivity contribution in [2.75, 3.05) is 0 Å². The zero-order chi connectivity index (χ0) is 12.3. The van der Waals surface area contributed by atoms with E-state index in [4.69, 9.17) is 10.5 Å². The van der Waals surface area contributed by atoms with E-state index in [2.05, 4.69) is 4.98 Å². The molecular formula is C14H16N2O. The molecule has 0 bridgehead atoms. The van der Waals surface area contributed by atoms with Crippen molar-refractivity contribution in [1.82, 2.24) is 4.98 Å². The number of ether oxygens (including phenoxy) is 1. The number of benzene rings is 1. The summed E-state index contributed by atoms with van der Waals surface area (Å²) < 4.78 is 5.66. The van der Waals surface area contributed by atoms with Crippen molar-refractivity contribution in [2.24, 2.45) is 5.73 Å². The zero-order valence-electron chi connectivity index (χ0n) is 10.1. The Labute approximate surface area is 101 Å². The van der Waals surface area contributed by atoms with E-state index in [1.807, 2.05) is 50.2 Å². The summed E-state index contributed by atoms with van der Waals surface area (Å²) in [5, 5.41) is 0. The van der Waals surface area contributed by atoms with E-state index in [-0.39, 0.29) is 6.04 Å². The minimum Gasteiger partial charge on any atom is -0.456 e. The number of hydrogen-bond acceptors (Lipinski definition) is 3. The SMILES string of the molecule is Cc1ccc(Oc2ccc([C@@H](C)N)cc2)cn1. The molecular weight excluding hydrogens is 212 g/mol. The molecule has 88 valence electrons. The largest absolute Gasteiger partial charge is 0.456 e. The van der Waals surface area contributed by atoms with E-state index in [0.29, 0.717) is 0 Å². The molecule has 0 radical (unpaired) electrons. The molecule has 17 heavy (non-hydrogen) atoms. The van der Waals surface area contributed by atoms with Gasteiger partial charge >= 0.3 is 0 Å². The molecule has 0 fully saturated rings. The molecule has 0 amide bonds. The van der Waals surface area contributed by atoms with Crippen LogP contribution in [0.5, 0.6) is 11.5 Å². The van der Waals surface area contributed by atoms with Crippen molar-refractivity contribution < 1.29 is 4.74 Å². The Morgan fingerprint density at radius 3 is 2.24 bits per heavy atom. The lowest BCUT2D eigenvalue weighted by atomic mass is 10.1. The number of nitrogens with two attached hydrogens (primary N) is 1. The van der Waals surface area contributed by atoms with Crippen LogP contribution in [-0.2, 0) is 0 Å². The first kappa shape index (κ1) is 11.6. The van der Waals surface area contributed by atoms with E-state index >= 15 is 0 Å². The molecule has 0 saturated carbocycles. The summed E-state index contributed by atoms with van der Waals surface area (Å²) in [5.41, 5.74) is 7.86. The quantitative estimate of drug-likeness (QED) is 0.877. The maximum absolute atomic E-state index is 5.78. The first-order chi connectivity index (χ1) is 8.15. The van der Waals surface area contributed by atoms with Gasteiger partial charge in [-0.1, -0.05) is 12.1 Å². The lowest BCUT2D eigenvalue weighted by Crippen LogP contribution is -2.04. The predicted octanol–water partition coefficient (Wildman–Crippen LogP) is 3.20. The maximum Gasteiger partial charge on any atom is 0.145 e. The van der Waals surface area contributed by atoms with Crippen molar-refractivity contribution >= 4 is 0 Å². The standard InChI is InChI=1S/C14H16N2O/c1-10-3-6-14(9-16-10)17-13-7-4-12(5-8-13)11(2)15/h3-9,11H,15H2,1-2H3/t11-/m1/s1. The highest BCUT2D eigenvalue weighted by atomic mass is 16.5. The molecule has 3 heteroatoms. The van der Waals surface area contributed by atoms with Gasteiger partial charge in [0, 0.05) is 11.7 Å². The Kier molecular flexibility index (Phi) is 3.40. The molecule has 1 aromatic heterocycles. The smallest absolute Gasteiger partial charge is 0.145 e. The third-order valence-electron chi connectivity index (χ3n) is 2.53. The molecule has 1 atom stereocenters. The van der Waals surface area contributed by atoms with Gasteiger partial charge in [-0.3, -0.25) is 4.98 Å². The van der Waals surface area contributed by atoms with Crippen LogP contribution in [0.4, 0.5) is 0 Å². The fourth-order valence-corrected chi connectivity index (χ4v) is 1.49. The van der Waals surface area contributed by atoms with Crippen LogP contribution in [-0.4, -0.2) is 4.98 Å². The number of pyridine rings is 1. The van der Waals surface area contributed by atoms with Crippen LogP contribution in [0.25, 0.3) is 0 Å². The van der Waals surface area contributed by atoms with Crippen LogP contribution in [0, 0.1) is 6.92 Å². The van der Waals surface area contributed by atoms with Crippen LogP contribution >= 0.6 is 0 Å². The predicted molar refractivity (Wildman–Crippen MR) is 68.1 cm³/mol. The summed E-state index contributed by atoms with van der Waals surface area (Å²) in [6.45, 7) is 3.90.